The van der Waals surface area contributed by atoms with Crippen molar-refractivity contribution >= 4 is 17.7 Å². The van der Waals surface area contributed by atoms with E-state index in [0.717, 1.165) is 22.2 Å². The van der Waals surface area contributed by atoms with E-state index in [-0.39, 0.29) is 12.2 Å². The van der Waals surface area contributed by atoms with E-state index in [4.69, 9.17) is 5.11 Å². The van der Waals surface area contributed by atoms with Crippen molar-refractivity contribution in [2.24, 2.45) is 0 Å². The summed E-state index contributed by atoms with van der Waals surface area (Å²) in [6, 6.07) is 6.73. The van der Waals surface area contributed by atoms with Crippen molar-refractivity contribution in [3.63, 3.8) is 0 Å². The first-order valence-corrected chi connectivity index (χ1v) is 7.24. The lowest BCUT2D eigenvalue weighted by Crippen LogP contribution is -2.06. The monoisotopic (exact) mass is 292 g/mol. The van der Waals surface area contributed by atoms with Gasteiger partial charge in [0.15, 0.2) is 5.16 Å². The number of aromatic carboxylic acids is 1. The minimum Gasteiger partial charge on any atom is -0.478 e. The molecule has 0 spiro atoms. The highest BCUT2D eigenvalue weighted by molar-refractivity contribution is 7.99. The Bertz CT molecular complexity index is 593. The summed E-state index contributed by atoms with van der Waals surface area (Å²) in [5, 5.41) is 19.1. The van der Waals surface area contributed by atoms with Gasteiger partial charge in [-0.1, -0.05) is 30.8 Å². The molecule has 0 aliphatic heterocycles. The Morgan fingerprint density at radius 2 is 2.05 bits per heavy atom. The molecule has 0 saturated carbocycles. The molecule has 0 atom stereocenters. The molecule has 0 saturated heterocycles. The minimum absolute atomic E-state index is 0.0650. The lowest BCUT2D eigenvalue weighted by molar-refractivity contribution is 0.0697. The largest absolute Gasteiger partial charge is 0.478 e. The molecule has 1 heterocycles. The van der Waals surface area contributed by atoms with Crippen LogP contribution in [0.3, 0.4) is 0 Å². The van der Waals surface area contributed by atoms with Crippen molar-refractivity contribution in [2.45, 2.75) is 25.2 Å². The number of carboxylic acids is 1. The molecule has 0 unspecified atom stereocenters. The Morgan fingerprint density at radius 3 is 2.60 bits per heavy atom. The number of nitrogens with zero attached hydrogens (tertiary/aromatic N) is 2. The maximum absolute atomic E-state index is 10.8. The van der Waals surface area contributed by atoms with Gasteiger partial charge in [0.1, 0.15) is 0 Å². The topological polar surface area (TPSA) is 75.4 Å². The third kappa shape index (κ3) is 3.20. The predicted molar refractivity (Wildman–Crippen MR) is 77.1 cm³/mol. The number of aromatic nitrogens is 2. The van der Waals surface area contributed by atoms with Crippen molar-refractivity contribution in [1.29, 1.82) is 0 Å². The highest BCUT2D eigenvalue weighted by Crippen LogP contribution is 2.20. The van der Waals surface area contributed by atoms with Crippen molar-refractivity contribution in [3.05, 3.63) is 47.3 Å². The number of benzene rings is 1. The summed E-state index contributed by atoms with van der Waals surface area (Å²) in [5.41, 5.74) is 1.99. The van der Waals surface area contributed by atoms with Crippen LogP contribution in [0.15, 0.2) is 35.6 Å². The summed E-state index contributed by atoms with van der Waals surface area (Å²) in [7, 11) is 0. The Kier molecular flexibility index (Phi) is 4.81. The van der Waals surface area contributed by atoms with Gasteiger partial charge < -0.3 is 14.8 Å². The van der Waals surface area contributed by atoms with Gasteiger partial charge in [-0.05, 0) is 23.4 Å². The molecule has 1 aromatic heterocycles. The zero-order chi connectivity index (χ0) is 14.5. The maximum atomic E-state index is 10.8. The third-order valence-corrected chi connectivity index (χ3v) is 3.75. The molecule has 0 radical (unpaired) electrons. The summed E-state index contributed by atoms with van der Waals surface area (Å²) in [4.78, 5) is 15.1. The molecule has 2 N–H and O–H groups in total. The Hall–Kier alpha value is -1.79. The molecule has 2 rings (SSSR count). The number of hydrogen-bond donors (Lipinski definition) is 2. The second-order valence-electron chi connectivity index (χ2n) is 4.21. The number of carboxylic acid groups (broad SMARTS) is 1. The Labute approximate surface area is 121 Å². The van der Waals surface area contributed by atoms with Crippen LogP contribution in [0.25, 0.3) is 0 Å². The van der Waals surface area contributed by atoms with Crippen molar-refractivity contribution in [2.75, 3.05) is 5.75 Å². The quantitative estimate of drug-likeness (QED) is 0.799. The van der Waals surface area contributed by atoms with Crippen LogP contribution in [0, 0.1) is 0 Å². The minimum atomic E-state index is -0.933. The fraction of sp³-hybridized carbons (Fsp3) is 0.286. The molecule has 2 aromatic rings. The summed E-state index contributed by atoms with van der Waals surface area (Å²) in [6.45, 7) is 2.55. The predicted octanol–water partition coefficient (Wildman–Crippen LogP) is 2.23. The molecule has 0 aliphatic rings. The van der Waals surface area contributed by atoms with E-state index < -0.39 is 5.97 Å². The van der Waals surface area contributed by atoms with E-state index in [1.165, 1.54) is 0 Å². The van der Waals surface area contributed by atoms with Crippen molar-refractivity contribution < 1.29 is 15.0 Å². The zero-order valence-corrected chi connectivity index (χ0v) is 11.9. The summed E-state index contributed by atoms with van der Waals surface area (Å²) < 4.78 is 1.95. The van der Waals surface area contributed by atoms with Gasteiger partial charge in [-0.2, -0.15) is 0 Å². The van der Waals surface area contributed by atoms with Crippen LogP contribution >= 0.6 is 11.8 Å². The standard InChI is InChI=1S/C14H16N2O3S/c1-2-20-14-15-7-12(9-17)16(14)8-10-3-5-11(6-4-10)13(18)19/h3-7,17H,2,8-9H2,1H3,(H,18,19). The molecule has 1 aromatic carbocycles. The van der Waals surface area contributed by atoms with Gasteiger partial charge in [0.2, 0.25) is 0 Å². The van der Waals surface area contributed by atoms with Crippen LogP contribution in [0.5, 0.6) is 0 Å². The smallest absolute Gasteiger partial charge is 0.335 e. The average molecular weight is 292 g/mol. The van der Waals surface area contributed by atoms with E-state index in [1.807, 2.05) is 11.5 Å². The first kappa shape index (κ1) is 14.6. The van der Waals surface area contributed by atoms with Crippen molar-refractivity contribution in [1.82, 2.24) is 9.55 Å². The zero-order valence-electron chi connectivity index (χ0n) is 11.1. The van der Waals surface area contributed by atoms with E-state index in [0.29, 0.717) is 6.54 Å². The number of thioether (sulfide) groups is 1. The third-order valence-electron chi connectivity index (χ3n) is 2.88. The lowest BCUT2D eigenvalue weighted by atomic mass is 10.1. The van der Waals surface area contributed by atoms with E-state index in [1.54, 1.807) is 42.2 Å². The van der Waals surface area contributed by atoms with Gasteiger partial charge in [0, 0.05) is 6.54 Å². The first-order valence-electron chi connectivity index (χ1n) is 6.26. The van der Waals surface area contributed by atoms with Gasteiger partial charge >= 0.3 is 5.97 Å². The molecular weight excluding hydrogens is 276 g/mol. The number of hydrogen-bond acceptors (Lipinski definition) is 4. The second kappa shape index (κ2) is 6.58. The molecule has 0 amide bonds. The van der Waals surface area contributed by atoms with E-state index in [9.17, 15) is 9.90 Å². The molecule has 20 heavy (non-hydrogen) atoms. The highest BCUT2D eigenvalue weighted by atomic mass is 32.2. The Balaban J connectivity index is 2.24. The normalized spacial score (nSPS) is 10.7. The van der Waals surface area contributed by atoms with E-state index >= 15 is 0 Å². The molecule has 5 nitrogen and oxygen atoms in total. The highest BCUT2D eigenvalue weighted by Gasteiger charge is 2.10. The fourth-order valence-electron chi connectivity index (χ4n) is 1.87. The second-order valence-corrected chi connectivity index (χ2v) is 5.44. The van der Waals surface area contributed by atoms with Gasteiger partial charge in [-0.3, -0.25) is 0 Å². The van der Waals surface area contributed by atoms with Crippen molar-refractivity contribution in [3.8, 4) is 0 Å². The van der Waals surface area contributed by atoms with Crippen LogP contribution in [-0.4, -0.2) is 31.5 Å². The van der Waals surface area contributed by atoms with Crippen LogP contribution in [0.4, 0.5) is 0 Å². The first-order chi connectivity index (χ1) is 9.65. The van der Waals surface area contributed by atoms with Crippen LogP contribution < -0.4 is 0 Å². The molecule has 0 aliphatic carbocycles. The van der Waals surface area contributed by atoms with Gasteiger partial charge in [-0.25, -0.2) is 9.78 Å². The maximum Gasteiger partial charge on any atom is 0.335 e. The molecule has 0 fully saturated rings. The van der Waals surface area contributed by atoms with Gasteiger partial charge in [0.05, 0.1) is 24.1 Å². The SMILES string of the molecule is CCSc1ncc(CO)n1Cc1ccc(C(=O)O)cc1. The molecular formula is C14H16N2O3S. The van der Waals surface area contributed by atoms with Crippen LogP contribution in [0.2, 0.25) is 0 Å². The number of aliphatic hydroxyl groups excluding tert-OH is 1. The number of aliphatic hydroxyl groups is 1. The summed E-state index contributed by atoms with van der Waals surface area (Å²) >= 11 is 1.61. The number of carbonyl (C=O) groups is 1. The fourth-order valence-corrected chi connectivity index (χ4v) is 2.59. The molecule has 106 valence electrons. The summed E-state index contributed by atoms with van der Waals surface area (Å²) in [5.74, 6) is -0.0303. The van der Waals surface area contributed by atoms with Crippen LogP contribution in [0.1, 0.15) is 28.5 Å². The number of rotatable bonds is 6. The Morgan fingerprint density at radius 1 is 1.35 bits per heavy atom. The summed E-state index contributed by atoms with van der Waals surface area (Å²) in [6.07, 6.45) is 1.67. The lowest BCUT2D eigenvalue weighted by Gasteiger charge is -2.10. The van der Waals surface area contributed by atoms with Crippen LogP contribution in [-0.2, 0) is 13.2 Å². The molecule has 6 heteroatoms. The van der Waals surface area contributed by atoms with Gasteiger partial charge in [-0.15, -0.1) is 0 Å². The number of imidazole rings is 1. The van der Waals surface area contributed by atoms with Gasteiger partial charge in [0.25, 0.3) is 0 Å². The van der Waals surface area contributed by atoms with E-state index in [2.05, 4.69) is 4.98 Å². The average Bonchev–Trinajstić information content (AvgIpc) is 2.82. The molecule has 0 bridgehead atoms.